The van der Waals surface area contributed by atoms with Crippen LogP contribution in [-0.2, 0) is 14.3 Å². The second-order valence-electron chi connectivity index (χ2n) is 2.95. The number of aliphatic hydroxyl groups excluding tert-OH is 1. The first-order valence-corrected chi connectivity index (χ1v) is 4.11. The number of carbonyl (C=O) groups excluding carboxylic acids is 2. The molecule has 0 aliphatic carbocycles. The number of hydrogen-bond acceptors (Lipinski definition) is 4. The van der Waals surface area contributed by atoms with Crippen molar-refractivity contribution in [1.82, 2.24) is 4.90 Å². The lowest BCUT2D eigenvalue weighted by molar-refractivity contribution is -0.162. The van der Waals surface area contributed by atoms with Gasteiger partial charge in [-0.25, -0.2) is 4.79 Å². The van der Waals surface area contributed by atoms with Gasteiger partial charge in [0.05, 0.1) is 6.61 Å². The molecule has 0 rings (SSSR count). The van der Waals surface area contributed by atoms with E-state index < -0.39 is 18.8 Å². The van der Waals surface area contributed by atoms with E-state index >= 15 is 0 Å². The highest BCUT2D eigenvalue weighted by molar-refractivity contribution is 5.87. The molecule has 1 amide bonds. The van der Waals surface area contributed by atoms with E-state index in [1.54, 1.807) is 0 Å². The zero-order chi connectivity index (χ0) is 11.3. The summed E-state index contributed by atoms with van der Waals surface area (Å²) in [4.78, 5) is 23.1. The molecule has 1 N–H and O–H groups in total. The van der Waals surface area contributed by atoms with Crippen molar-refractivity contribution in [1.29, 1.82) is 0 Å². The van der Waals surface area contributed by atoms with E-state index in [1.807, 2.05) is 0 Å². The number of esters is 1. The summed E-state index contributed by atoms with van der Waals surface area (Å²) in [5.41, 5.74) is 0.223. The van der Waals surface area contributed by atoms with Gasteiger partial charge >= 0.3 is 5.97 Å². The molecular formula is C9H15NO4. The number of hydrogen-bond donors (Lipinski definition) is 1. The Morgan fingerprint density at radius 3 is 2.29 bits per heavy atom. The lowest BCUT2D eigenvalue weighted by atomic mass is 10.3. The van der Waals surface area contributed by atoms with E-state index in [0.29, 0.717) is 0 Å². The number of aliphatic hydroxyl groups is 1. The first kappa shape index (κ1) is 12.6. The zero-order valence-corrected chi connectivity index (χ0v) is 8.61. The third-order valence-electron chi connectivity index (χ3n) is 1.68. The van der Waals surface area contributed by atoms with Gasteiger partial charge in [0.2, 0.25) is 12.1 Å². The Morgan fingerprint density at radius 2 is 2.00 bits per heavy atom. The molecule has 0 aromatic heterocycles. The molecule has 0 radical (unpaired) electrons. The highest BCUT2D eigenvalue weighted by Gasteiger charge is 2.20. The number of rotatable bonds is 4. The summed E-state index contributed by atoms with van der Waals surface area (Å²) in [6.45, 7) is 5.76. The largest absolute Gasteiger partial charge is 0.436 e. The van der Waals surface area contributed by atoms with Crippen molar-refractivity contribution < 1.29 is 19.4 Å². The third-order valence-corrected chi connectivity index (χ3v) is 1.68. The van der Waals surface area contributed by atoms with Crippen molar-refractivity contribution in [3.8, 4) is 0 Å². The van der Waals surface area contributed by atoms with Crippen LogP contribution >= 0.6 is 0 Å². The van der Waals surface area contributed by atoms with Gasteiger partial charge in [0.15, 0.2) is 0 Å². The highest BCUT2D eigenvalue weighted by atomic mass is 16.6. The maximum Gasteiger partial charge on any atom is 0.335 e. The normalized spacial score (nSPS) is 11.7. The molecular weight excluding hydrogens is 186 g/mol. The van der Waals surface area contributed by atoms with Crippen LogP contribution in [0, 0.1) is 0 Å². The molecule has 0 fully saturated rings. The molecule has 0 aromatic carbocycles. The topological polar surface area (TPSA) is 66.8 Å². The van der Waals surface area contributed by atoms with Crippen molar-refractivity contribution in [3.63, 3.8) is 0 Å². The van der Waals surface area contributed by atoms with Gasteiger partial charge in [-0.3, -0.25) is 4.79 Å². The lowest BCUT2D eigenvalue weighted by Crippen LogP contribution is -2.41. The van der Waals surface area contributed by atoms with E-state index in [2.05, 4.69) is 6.58 Å². The molecule has 5 nitrogen and oxygen atoms in total. The Kier molecular flexibility index (Phi) is 4.86. The van der Waals surface area contributed by atoms with E-state index in [1.165, 1.54) is 20.9 Å². The maximum atomic E-state index is 11.1. The molecule has 0 spiro atoms. The number of nitrogens with zero attached hydrogens (tertiary/aromatic N) is 1. The van der Waals surface area contributed by atoms with Gasteiger partial charge in [0.25, 0.3) is 0 Å². The standard InChI is InChI=1S/C9H15NO4/c1-6(2)9(13)14-8(5-11)10(4)7(3)12/h8,11H,1,5H2,2-4H3. The van der Waals surface area contributed by atoms with Crippen molar-refractivity contribution in [2.24, 2.45) is 0 Å². The molecule has 0 saturated carbocycles. The molecule has 0 aliphatic heterocycles. The predicted molar refractivity (Wildman–Crippen MR) is 50.2 cm³/mol. The molecule has 0 heterocycles. The lowest BCUT2D eigenvalue weighted by Gasteiger charge is -2.24. The molecule has 0 aromatic rings. The predicted octanol–water partition coefficient (Wildman–Crippen LogP) is -0.0976. The quantitative estimate of drug-likeness (QED) is 0.392. The number of ether oxygens (including phenoxy) is 1. The van der Waals surface area contributed by atoms with E-state index in [0.717, 1.165) is 4.90 Å². The van der Waals surface area contributed by atoms with E-state index in [4.69, 9.17) is 9.84 Å². The zero-order valence-electron chi connectivity index (χ0n) is 8.61. The summed E-state index contributed by atoms with van der Waals surface area (Å²) < 4.78 is 4.80. The van der Waals surface area contributed by atoms with Crippen LogP contribution < -0.4 is 0 Å². The summed E-state index contributed by atoms with van der Waals surface area (Å²) in [5.74, 6) is -0.921. The van der Waals surface area contributed by atoms with Crippen LogP contribution in [0.1, 0.15) is 13.8 Å². The fourth-order valence-corrected chi connectivity index (χ4v) is 0.666. The number of carbonyl (C=O) groups is 2. The summed E-state index contributed by atoms with van der Waals surface area (Å²) in [6, 6.07) is 0. The van der Waals surface area contributed by atoms with E-state index in [-0.39, 0.29) is 11.5 Å². The van der Waals surface area contributed by atoms with Crippen LogP contribution in [0.2, 0.25) is 0 Å². The SMILES string of the molecule is C=C(C)C(=O)OC(CO)N(C)C(C)=O. The van der Waals surface area contributed by atoms with Gasteiger partial charge in [-0.2, -0.15) is 0 Å². The fourth-order valence-electron chi connectivity index (χ4n) is 0.666. The molecule has 80 valence electrons. The van der Waals surface area contributed by atoms with Crippen molar-refractivity contribution in [2.45, 2.75) is 20.1 Å². The Bertz CT molecular complexity index is 249. The van der Waals surface area contributed by atoms with Crippen molar-refractivity contribution >= 4 is 11.9 Å². The Morgan fingerprint density at radius 1 is 1.50 bits per heavy atom. The van der Waals surface area contributed by atoms with Crippen LogP contribution in [0.5, 0.6) is 0 Å². The average Bonchev–Trinajstić information content (AvgIpc) is 2.12. The second kappa shape index (κ2) is 5.39. The molecule has 0 saturated heterocycles. The van der Waals surface area contributed by atoms with Gasteiger partial charge in [-0.05, 0) is 6.92 Å². The molecule has 0 aliphatic rings. The first-order valence-electron chi connectivity index (χ1n) is 4.11. The molecule has 1 unspecified atom stereocenters. The number of amides is 1. The minimum Gasteiger partial charge on any atom is -0.436 e. The Balaban J connectivity index is 4.36. The molecule has 0 bridgehead atoms. The minimum absolute atomic E-state index is 0.223. The van der Waals surface area contributed by atoms with E-state index in [9.17, 15) is 9.59 Å². The maximum absolute atomic E-state index is 11.1. The van der Waals surface area contributed by atoms with Gasteiger partial charge in [-0.1, -0.05) is 6.58 Å². The molecule has 5 heteroatoms. The van der Waals surface area contributed by atoms with Gasteiger partial charge in [-0.15, -0.1) is 0 Å². The Hall–Kier alpha value is -1.36. The van der Waals surface area contributed by atoms with Gasteiger partial charge in [0, 0.05) is 19.5 Å². The monoisotopic (exact) mass is 201 g/mol. The average molecular weight is 201 g/mol. The van der Waals surface area contributed by atoms with Gasteiger partial charge < -0.3 is 14.7 Å². The highest BCUT2D eigenvalue weighted by Crippen LogP contribution is 2.02. The van der Waals surface area contributed by atoms with Crippen LogP contribution in [0.4, 0.5) is 0 Å². The summed E-state index contributed by atoms with van der Waals surface area (Å²) >= 11 is 0. The number of likely N-dealkylation sites (N-methyl/N-ethyl adjacent to an activating group) is 1. The second-order valence-corrected chi connectivity index (χ2v) is 2.95. The van der Waals surface area contributed by atoms with Crippen LogP contribution in [-0.4, -0.2) is 41.8 Å². The van der Waals surface area contributed by atoms with Crippen molar-refractivity contribution in [2.75, 3.05) is 13.7 Å². The first-order chi connectivity index (χ1) is 6.40. The molecule has 1 atom stereocenters. The van der Waals surface area contributed by atoms with Gasteiger partial charge in [0.1, 0.15) is 0 Å². The Labute approximate surface area is 83.0 Å². The summed E-state index contributed by atoms with van der Waals surface area (Å²) in [5, 5.41) is 8.88. The van der Waals surface area contributed by atoms with Crippen LogP contribution in [0.3, 0.4) is 0 Å². The molecule has 14 heavy (non-hydrogen) atoms. The van der Waals surface area contributed by atoms with Crippen molar-refractivity contribution in [3.05, 3.63) is 12.2 Å². The minimum atomic E-state index is -0.948. The smallest absolute Gasteiger partial charge is 0.335 e. The fraction of sp³-hybridized carbons (Fsp3) is 0.556. The van der Waals surface area contributed by atoms with Crippen LogP contribution in [0.25, 0.3) is 0 Å². The summed E-state index contributed by atoms with van der Waals surface area (Å²) in [6.07, 6.45) is -0.948. The third kappa shape index (κ3) is 3.57. The summed E-state index contributed by atoms with van der Waals surface area (Å²) in [7, 11) is 1.44. The van der Waals surface area contributed by atoms with Crippen LogP contribution in [0.15, 0.2) is 12.2 Å².